The molecular formula is C13H21F3N4. The summed E-state index contributed by atoms with van der Waals surface area (Å²) in [5.74, 6) is -1.28. The number of nitrogen functional groups attached to an aromatic ring is 1. The van der Waals surface area contributed by atoms with E-state index in [2.05, 4.69) is 22.2 Å². The molecule has 0 aliphatic rings. The molecule has 1 heterocycles. The fourth-order valence-corrected chi connectivity index (χ4v) is 1.87. The summed E-state index contributed by atoms with van der Waals surface area (Å²) < 4.78 is 37.7. The molecule has 114 valence electrons. The van der Waals surface area contributed by atoms with Gasteiger partial charge < -0.3 is 11.1 Å². The number of nitrogens with two attached hydrogens (primary N) is 1. The highest BCUT2D eigenvalue weighted by atomic mass is 19.4. The van der Waals surface area contributed by atoms with Gasteiger partial charge in [-0.05, 0) is 13.3 Å². The molecule has 0 spiro atoms. The van der Waals surface area contributed by atoms with Crippen molar-refractivity contribution in [3.8, 4) is 0 Å². The van der Waals surface area contributed by atoms with Crippen molar-refractivity contribution in [2.45, 2.75) is 58.2 Å². The highest BCUT2D eigenvalue weighted by Crippen LogP contribution is 2.27. The third-order valence-electron chi connectivity index (χ3n) is 2.88. The molecule has 1 aromatic heterocycles. The summed E-state index contributed by atoms with van der Waals surface area (Å²) in [5, 5.41) is 2.94. The number of hydrogen-bond donors (Lipinski definition) is 2. The number of nitrogens with zero attached hydrogens (tertiary/aromatic N) is 2. The minimum Gasteiger partial charge on any atom is -0.384 e. The standard InChI is InChI=1S/C13H21F3N4/c1-3-4-5-6-7-9(2)18-11-8-10(17)19-12(20-11)13(14,15)16/h8-9H,3-7H2,1-2H3,(H3,17,18,19,20). The van der Waals surface area contributed by atoms with Crippen LogP contribution in [-0.2, 0) is 6.18 Å². The Hall–Kier alpha value is -1.53. The van der Waals surface area contributed by atoms with E-state index in [4.69, 9.17) is 5.73 Å². The zero-order valence-electron chi connectivity index (χ0n) is 11.8. The minimum absolute atomic E-state index is 0.0437. The smallest absolute Gasteiger partial charge is 0.384 e. The van der Waals surface area contributed by atoms with Crippen LogP contribution >= 0.6 is 0 Å². The van der Waals surface area contributed by atoms with Crippen LogP contribution in [0.15, 0.2) is 6.07 Å². The van der Waals surface area contributed by atoms with Gasteiger partial charge in [0.2, 0.25) is 5.82 Å². The van der Waals surface area contributed by atoms with Gasteiger partial charge in [-0.1, -0.05) is 32.6 Å². The van der Waals surface area contributed by atoms with Crippen molar-refractivity contribution in [1.29, 1.82) is 0 Å². The van der Waals surface area contributed by atoms with Gasteiger partial charge in [-0.25, -0.2) is 9.97 Å². The number of alkyl halides is 3. The average molecular weight is 290 g/mol. The molecule has 0 saturated carbocycles. The van der Waals surface area contributed by atoms with E-state index < -0.39 is 12.0 Å². The first kappa shape index (κ1) is 16.5. The van der Waals surface area contributed by atoms with Crippen LogP contribution in [0.2, 0.25) is 0 Å². The lowest BCUT2D eigenvalue weighted by molar-refractivity contribution is -0.144. The Morgan fingerprint density at radius 1 is 1.25 bits per heavy atom. The highest BCUT2D eigenvalue weighted by Gasteiger charge is 2.35. The van der Waals surface area contributed by atoms with E-state index in [-0.39, 0.29) is 17.7 Å². The molecule has 0 aromatic carbocycles. The maximum absolute atomic E-state index is 12.6. The lowest BCUT2D eigenvalue weighted by Gasteiger charge is -2.15. The van der Waals surface area contributed by atoms with Gasteiger partial charge in [-0.3, -0.25) is 0 Å². The molecule has 0 aliphatic heterocycles. The third-order valence-corrected chi connectivity index (χ3v) is 2.88. The van der Waals surface area contributed by atoms with Gasteiger partial charge in [-0.15, -0.1) is 0 Å². The molecule has 0 amide bonds. The average Bonchev–Trinajstić information content (AvgIpc) is 2.33. The maximum Gasteiger partial charge on any atom is 0.451 e. The molecule has 0 bridgehead atoms. The van der Waals surface area contributed by atoms with Crippen LogP contribution in [0.5, 0.6) is 0 Å². The summed E-state index contributed by atoms with van der Waals surface area (Å²) in [7, 11) is 0. The molecule has 4 nitrogen and oxygen atoms in total. The number of anilines is 2. The Kier molecular flexibility index (Phi) is 6.04. The van der Waals surface area contributed by atoms with Gasteiger partial charge in [0.1, 0.15) is 11.6 Å². The predicted molar refractivity (Wildman–Crippen MR) is 73.3 cm³/mol. The normalized spacial score (nSPS) is 13.2. The Morgan fingerprint density at radius 2 is 1.95 bits per heavy atom. The predicted octanol–water partition coefficient (Wildman–Crippen LogP) is 3.85. The van der Waals surface area contributed by atoms with Crippen molar-refractivity contribution in [2.75, 3.05) is 11.1 Å². The van der Waals surface area contributed by atoms with E-state index >= 15 is 0 Å². The number of hydrogen-bond acceptors (Lipinski definition) is 4. The molecule has 0 fully saturated rings. The summed E-state index contributed by atoms with van der Waals surface area (Å²) >= 11 is 0. The molecule has 1 unspecified atom stereocenters. The highest BCUT2D eigenvalue weighted by molar-refractivity contribution is 5.45. The summed E-state index contributed by atoms with van der Waals surface area (Å²) in [6, 6.07) is 1.36. The van der Waals surface area contributed by atoms with Crippen molar-refractivity contribution in [1.82, 2.24) is 9.97 Å². The quantitative estimate of drug-likeness (QED) is 0.749. The fourth-order valence-electron chi connectivity index (χ4n) is 1.87. The molecule has 20 heavy (non-hydrogen) atoms. The van der Waals surface area contributed by atoms with Crippen molar-refractivity contribution in [3.63, 3.8) is 0 Å². The van der Waals surface area contributed by atoms with E-state index in [1.165, 1.54) is 12.5 Å². The summed E-state index contributed by atoms with van der Waals surface area (Å²) in [4.78, 5) is 6.66. The summed E-state index contributed by atoms with van der Waals surface area (Å²) in [6.45, 7) is 4.04. The second-order valence-corrected chi connectivity index (χ2v) is 4.89. The molecule has 0 saturated heterocycles. The zero-order valence-corrected chi connectivity index (χ0v) is 11.8. The first-order chi connectivity index (χ1) is 9.32. The molecule has 1 atom stereocenters. The van der Waals surface area contributed by atoms with Gasteiger partial charge in [0.25, 0.3) is 0 Å². The van der Waals surface area contributed by atoms with E-state index in [1.54, 1.807) is 0 Å². The number of halogens is 3. The number of unbranched alkanes of at least 4 members (excludes halogenated alkanes) is 3. The lowest BCUT2D eigenvalue weighted by atomic mass is 10.1. The number of nitrogens with one attached hydrogen (secondary N) is 1. The third kappa shape index (κ3) is 5.63. The van der Waals surface area contributed by atoms with Gasteiger partial charge in [0.15, 0.2) is 0 Å². The van der Waals surface area contributed by atoms with Crippen molar-refractivity contribution < 1.29 is 13.2 Å². The van der Waals surface area contributed by atoms with Crippen molar-refractivity contribution >= 4 is 11.6 Å². The van der Waals surface area contributed by atoms with Crippen LogP contribution in [0, 0.1) is 0 Å². The monoisotopic (exact) mass is 290 g/mol. The molecular weight excluding hydrogens is 269 g/mol. The van der Waals surface area contributed by atoms with Crippen LogP contribution in [0.3, 0.4) is 0 Å². The molecule has 1 aromatic rings. The maximum atomic E-state index is 12.6. The van der Waals surface area contributed by atoms with E-state index in [9.17, 15) is 13.2 Å². The minimum atomic E-state index is -4.59. The number of aromatic nitrogens is 2. The van der Waals surface area contributed by atoms with E-state index in [0.717, 1.165) is 25.7 Å². The van der Waals surface area contributed by atoms with Crippen LogP contribution < -0.4 is 11.1 Å². The summed E-state index contributed by atoms with van der Waals surface area (Å²) in [6.07, 6.45) is 0.781. The molecule has 3 N–H and O–H groups in total. The van der Waals surface area contributed by atoms with Crippen molar-refractivity contribution in [2.24, 2.45) is 0 Å². The number of rotatable bonds is 7. The Bertz CT molecular complexity index is 421. The van der Waals surface area contributed by atoms with Crippen LogP contribution in [0.1, 0.15) is 51.8 Å². The largest absolute Gasteiger partial charge is 0.451 e. The Labute approximate surface area is 117 Å². The summed E-state index contributed by atoms with van der Waals surface area (Å²) in [5.41, 5.74) is 5.38. The SMILES string of the molecule is CCCCCCC(C)Nc1cc(N)nc(C(F)(F)F)n1. The lowest BCUT2D eigenvalue weighted by Crippen LogP contribution is -2.19. The van der Waals surface area contributed by atoms with Gasteiger partial charge in [-0.2, -0.15) is 13.2 Å². The van der Waals surface area contributed by atoms with Crippen LogP contribution in [0.4, 0.5) is 24.8 Å². The zero-order chi connectivity index (χ0) is 15.2. The molecule has 1 rings (SSSR count). The second kappa shape index (κ2) is 7.31. The first-order valence-corrected chi connectivity index (χ1v) is 6.81. The van der Waals surface area contributed by atoms with E-state index in [1.807, 2.05) is 6.92 Å². The van der Waals surface area contributed by atoms with Gasteiger partial charge >= 0.3 is 6.18 Å². The van der Waals surface area contributed by atoms with Crippen molar-refractivity contribution in [3.05, 3.63) is 11.9 Å². The van der Waals surface area contributed by atoms with E-state index in [0.29, 0.717) is 0 Å². The topological polar surface area (TPSA) is 63.8 Å². The van der Waals surface area contributed by atoms with Crippen LogP contribution in [-0.4, -0.2) is 16.0 Å². The van der Waals surface area contributed by atoms with Crippen LogP contribution in [0.25, 0.3) is 0 Å². The second-order valence-electron chi connectivity index (χ2n) is 4.89. The Morgan fingerprint density at radius 3 is 2.55 bits per heavy atom. The molecule has 0 aliphatic carbocycles. The first-order valence-electron chi connectivity index (χ1n) is 6.81. The molecule has 0 radical (unpaired) electrons. The fraction of sp³-hybridized carbons (Fsp3) is 0.692. The Balaban J connectivity index is 2.61. The molecule has 7 heteroatoms. The van der Waals surface area contributed by atoms with Gasteiger partial charge in [0, 0.05) is 12.1 Å². The van der Waals surface area contributed by atoms with Gasteiger partial charge in [0.05, 0.1) is 0 Å².